The Morgan fingerprint density at radius 2 is 1.66 bits per heavy atom. The zero-order valence-electron chi connectivity index (χ0n) is 19.7. The molecule has 0 saturated carbocycles. The minimum absolute atomic E-state index is 0.0135. The van der Waals surface area contributed by atoms with Gasteiger partial charge in [-0.15, -0.1) is 10.2 Å². The molecule has 1 aromatic heterocycles. The summed E-state index contributed by atoms with van der Waals surface area (Å²) in [6.07, 6.45) is 0. The van der Waals surface area contributed by atoms with Gasteiger partial charge in [0.25, 0.3) is 11.6 Å². The van der Waals surface area contributed by atoms with Gasteiger partial charge in [-0.2, -0.15) is 0 Å². The first kappa shape index (κ1) is 25.7. The SMILES string of the molecule is CCN(CC)c1ccc(-c2nnc(SCC(=O)NNC(=O)c3ccc([N+](=O)[O-])cc3)n2CC)cc1. The van der Waals surface area contributed by atoms with E-state index < -0.39 is 16.7 Å². The van der Waals surface area contributed by atoms with Crippen LogP contribution in [-0.4, -0.2) is 50.3 Å². The van der Waals surface area contributed by atoms with Crippen LogP contribution >= 0.6 is 11.8 Å². The maximum atomic E-state index is 12.2. The van der Waals surface area contributed by atoms with E-state index in [0.29, 0.717) is 17.5 Å². The van der Waals surface area contributed by atoms with Gasteiger partial charge in [0.05, 0.1) is 10.7 Å². The van der Waals surface area contributed by atoms with E-state index in [1.54, 1.807) is 0 Å². The van der Waals surface area contributed by atoms with Crippen molar-refractivity contribution in [2.45, 2.75) is 32.5 Å². The van der Waals surface area contributed by atoms with Gasteiger partial charge in [-0.3, -0.25) is 30.6 Å². The molecule has 0 aliphatic rings. The second kappa shape index (κ2) is 12.0. The number of carbonyl (C=O) groups is 2. The topological polar surface area (TPSA) is 135 Å². The van der Waals surface area contributed by atoms with Crippen molar-refractivity contribution in [3.8, 4) is 11.4 Å². The molecule has 0 saturated heterocycles. The van der Waals surface area contributed by atoms with Crippen molar-refractivity contribution in [3.05, 3.63) is 64.2 Å². The molecule has 11 nitrogen and oxygen atoms in total. The van der Waals surface area contributed by atoms with Crippen LogP contribution in [0.4, 0.5) is 11.4 Å². The van der Waals surface area contributed by atoms with E-state index in [1.165, 1.54) is 36.0 Å². The molecule has 0 fully saturated rings. The van der Waals surface area contributed by atoms with Crippen LogP contribution in [0, 0.1) is 10.1 Å². The van der Waals surface area contributed by atoms with Crippen LogP contribution in [0.2, 0.25) is 0 Å². The van der Waals surface area contributed by atoms with Crippen LogP contribution in [0.3, 0.4) is 0 Å². The highest BCUT2D eigenvalue weighted by atomic mass is 32.2. The minimum Gasteiger partial charge on any atom is -0.372 e. The lowest BCUT2D eigenvalue weighted by atomic mass is 10.2. The maximum Gasteiger partial charge on any atom is 0.269 e. The highest BCUT2D eigenvalue weighted by molar-refractivity contribution is 7.99. The number of benzene rings is 2. The van der Waals surface area contributed by atoms with E-state index in [1.807, 2.05) is 23.6 Å². The molecule has 2 N–H and O–H groups in total. The fourth-order valence-electron chi connectivity index (χ4n) is 3.40. The number of nitro groups is 1. The Kier molecular flexibility index (Phi) is 8.79. The number of non-ortho nitro benzene ring substituents is 1. The zero-order chi connectivity index (χ0) is 25.4. The predicted molar refractivity (Wildman–Crippen MR) is 134 cm³/mol. The Morgan fingerprint density at radius 1 is 1.00 bits per heavy atom. The van der Waals surface area contributed by atoms with Crippen molar-refractivity contribution in [3.63, 3.8) is 0 Å². The number of anilines is 1. The highest BCUT2D eigenvalue weighted by Gasteiger charge is 2.16. The second-order valence-electron chi connectivity index (χ2n) is 7.36. The van der Waals surface area contributed by atoms with E-state index in [2.05, 4.69) is 51.9 Å². The van der Waals surface area contributed by atoms with E-state index in [4.69, 9.17) is 0 Å². The molecule has 0 spiro atoms. The molecule has 184 valence electrons. The van der Waals surface area contributed by atoms with Crippen molar-refractivity contribution in [2.24, 2.45) is 0 Å². The lowest BCUT2D eigenvalue weighted by Gasteiger charge is -2.21. The number of hydrogen-bond donors (Lipinski definition) is 2. The lowest BCUT2D eigenvalue weighted by molar-refractivity contribution is -0.384. The summed E-state index contributed by atoms with van der Waals surface area (Å²) < 4.78 is 1.93. The number of hydrazine groups is 1. The van der Waals surface area contributed by atoms with Crippen LogP contribution < -0.4 is 15.8 Å². The summed E-state index contributed by atoms with van der Waals surface area (Å²) in [6, 6.07) is 13.2. The van der Waals surface area contributed by atoms with Gasteiger partial charge in [0.1, 0.15) is 0 Å². The monoisotopic (exact) mass is 497 g/mol. The number of carbonyl (C=O) groups excluding carboxylic acids is 2. The third-order valence-corrected chi connectivity index (χ3v) is 6.24. The maximum absolute atomic E-state index is 12.2. The molecule has 0 atom stereocenters. The number of nitrogens with zero attached hydrogens (tertiary/aromatic N) is 5. The molecule has 0 bridgehead atoms. The van der Waals surface area contributed by atoms with E-state index in [9.17, 15) is 19.7 Å². The molecule has 2 aromatic carbocycles. The fourth-order valence-corrected chi connectivity index (χ4v) is 4.21. The van der Waals surface area contributed by atoms with Gasteiger partial charge >= 0.3 is 0 Å². The van der Waals surface area contributed by atoms with Crippen molar-refractivity contribution in [2.75, 3.05) is 23.7 Å². The Labute approximate surface area is 207 Å². The summed E-state index contributed by atoms with van der Waals surface area (Å²) in [5.41, 5.74) is 6.77. The number of rotatable bonds is 10. The van der Waals surface area contributed by atoms with Gasteiger partial charge in [-0.25, -0.2) is 0 Å². The largest absolute Gasteiger partial charge is 0.372 e. The third-order valence-electron chi connectivity index (χ3n) is 5.28. The first-order valence-electron chi connectivity index (χ1n) is 11.1. The molecule has 3 aromatic rings. The molecule has 12 heteroatoms. The van der Waals surface area contributed by atoms with Crippen molar-refractivity contribution in [1.29, 1.82) is 0 Å². The first-order valence-corrected chi connectivity index (χ1v) is 12.1. The standard InChI is InChI=1S/C23H27N7O4S/c1-4-28(5-2)18-11-7-16(8-12-18)21-25-27-23(29(21)6-3)35-15-20(31)24-26-22(32)17-9-13-19(14-10-17)30(33)34/h7-14H,4-6,15H2,1-3H3,(H,24,31)(H,26,32). The van der Waals surface area contributed by atoms with Gasteiger partial charge in [0.2, 0.25) is 5.91 Å². The molecule has 35 heavy (non-hydrogen) atoms. The van der Waals surface area contributed by atoms with E-state index >= 15 is 0 Å². The molecular formula is C23H27N7O4S. The van der Waals surface area contributed by atoms with Crippen LogP contribution in [0.5, 0.6) is 0 Å². The summed E-state index contributed by atoms with van der Waals surface area (Å²) in [7, 11) is 0. The normalized spacial score (nSPS) is 10.6. The molecule has 3 rings (SSSR count). The summed E-state index contributed by atoms with van der Waals surface area (Å²) in [6.45, 7) is 8.70. The summed E-state index contributed by atoms with van der Waals surface area (Å²) >= 11 is 1.21. The van der Waals surface area contributed by atoms with Crippen LogP contribution in [0.15, 0.2) is 53.7 Å². The number of thioether (sulfide) groups is 1. The average Bonchev–Trinajstić information content (AvgIpc) is 3.30. The number of amides is 2. The molecule has 0 aliphatic carbocycles. The zero-order valence-corrected chi connectivity index (χ0v) is 20.5. The van der Waals surface area contributed by atoms with E-state index in [-0.39, 0.29) is 17.0 Å². The van der Waals surface area contributed by atoms with Crippen LogP contribution in [0.1, 0.15) is 31.1 Å². The molecule has 0 radical (unpaired) electrons. The first-order chi connectivity index (χ1) is 16.9. The number of aromatic nitrogens is 3. The van der Waals surface area contributed by atoms with E-state index in [0.717, 1.165) is 24.3 Å². The number of nitro benzene ring substituents is 1. The Hall–Kier alpha value is -3.93. The average molecular weight is 498 g/mol. The molecule has 0 unspecified atom stereocenters. The summed E-state index contributed by atoms with van der Waals surface area (Å²) in [5.74, 6) is -0.279. The minimum atomic E-state index is -0.578. The Bertz CT molecular complexity index is 1180. The Morgan fingerprint density at radius 3 is 2.23 bits per heavy atom. The second-order valence-corrected chi connectivity index (χ2v) is 8.31. The van der Waals surface area contributed by atoms with Gasteiger partial charge in [0.15, 0.2) is 11.0 Å². The molecule has 0 aliphatic heterocycles. The summed E-state index contributed by atoms with van der Waals surface area (Å²) in [5, 5.41) is 19.8. The van der Waals surface area contributed by atoms with Crippen molar-refractivity contribution < 1.29 is 14.5 Å². The van der Waals surface area contributed by atoms with Crippen LogP contribution in [0.25, 0.3) is 11.4 Å². The van der Waals surface area contributed by atoms with Crippen molar-refractivity contribution >= 4 is 35.0 Å². The smallest absolute Gasteiger partial charge is 0.269 e. The van der Waals surface area contributed by atoms with Crippen LogP contribution in [-0.2, 0) is 11.3 Å². The highest BCUT2D eigenvalue weighted by Crippen LogP contribution is 2.26. The quantitative estimate of drug-likeness (QED) is 0.247. The number of nitrogens with one attached hydrogen (secondary N) is 2. The van der Waals surface area contributed by atoms with Gasteiger partial charge in [-0.1, -0.05) is 11.8 Å². The van der Waals surface area contributed by atoms with Gasteiger partial charge in [-0.05, 0) is 57.2 Å². The van der Waals surface area contributed by atoms with Crippen molar-refractivity contribution in [1.82, 2.24) is 25.6 Å². The molecule has 2 amide bonds. The number of hydrogen-bond acceptors (Lipinski definition) is 8. The fraction of sp³-hybridized carbons (Fsp3) is 0.304. The lowest BCUT2D eigenvalue weighted by Crippen LogP contribution is -2.42. The molecule has 1 heterocycles. The summed E-state index contributed by atoms with van der Waals surface area (Å²) in [4.78, 5) is 36.8. The predicted octanol–water partition coefficient (Wildman–Crippen LogP) is 3.27. The van der Waals surface area contributed by atoms with Gasteiger partial charge < -0.3 is 9.47 Å². The Balaban J connectivity index is 1.57. The molecular weight excluding hydrogens is 470 g/mol. The van der Waals surface area contributed by atoms with Gasteiger partial charge in [0, 0.05) is 48.6 Å². The third kappa shape index (κ3) is 6.35.